The predicted molar refractivity (Wildman–Crippen MR) is 154 cm³/mol. The van der Waals surface area contributed by atoms with Gasteiger partial charge in [0, 0.05) is 37.9 Å². The molecule has 9 nitrogen and oxygen atoms in total. The Bertz CT molecular complexity index is 1690. The van der Waals surface area contributed by atoms with E-state index in [9.17, 15) is 12.8 Å². The van der Waals surface area contributed by atoms with Crippen LogP contribution < -0.4 is 20.1 Å². The maximum absolute atomic E-state index is 15.2. The summed E-state index contributed by atoms with van der Waals surface area (Å²) in [6.45, 7) is 3.76. The molecule has 0 aliphatic carbocycles. The van der Waals surface area contributed by atoms with E-state index in [1.54, 1.807) is 48.5 Å². The van der Waals surface area contributed by atoms with E-state index >= 15 is 8.78 Å². The number of pyridine rings is 1. The Morgan fingerprint density at radius 3 is 2.62 bits per heavy atom. The fourth-order valence-electron chi connectivity index (χ4n) is 4.71. The molecule has 1 saturated heterocycles. The largest absolute Gasteiger partial charge is 0.435 e. The standard InChI is InChI=1S/C29H29F3N6O3S/c1-18-13-23(24(30)25(31)26(18)38-42(39,40)16-19-7-4-3-5-8-19)41-27-21(9-6-11-34-27)22-10-12-35-28(37-22)36-20-14-29(2,32)17-33-15-20/h3-13,20,33,38H,14-17H2,1-2H3,(H,35,36,37)/t20?,29-/m0/s1. The molecule has 2 aromatic carbocycles. The molecule has 3 N–H and O–H groups in total. The molecule has 0 bridgehead atoms. The minimum absolute atomic E-state index is 0.0621. The molecule has 2 aromatic heterocycles. The van der Waals surface area contributed by atoms with Gasteiger partial charge < -0.3 is 15.4 Å². The zero-order valence-electron chi connectivity index (χ0n) is 22.9. The van der Waals surface area contributed by atoms with Crippen molar-refractivity contribution in [2.45, 2.75) is 37.7 Å². The van der Waals surface area contributed by atoms with Gasteiger partial charge in [-0.1, -0.05) is 30.3 Å². The average Bonchev–Trinajstić information content (AvgIpc) is 2.94. The first-order chi connectivity index (χ1) is 20.0. The number of aromatic nitrogens is 3. The SMILES string of the molecule is Cc1cc(Oc2ncccc2-c2ccnc(NC3CNC[C@@](C)(F)C3)n2)c(F)c(F)c1NS(=O)(=O)Cc1ccccc1. The van der Waals surface area contributed by atoms with Crippen LogP contribution in [0.1, 0.15) is 24.5 Å². The van der Waals surface area contributed by atoms with Crippen LogP contribution in [0.5, 0.6) is 11.6 Å². The first-order valence-corrected chi connectivity index (χ1v) is 14.8. The third-order valence-electron chi connectivity index (χ3n) is 6.63. The van der Waals surface area contributed by atoms with Crippen LogP contribution in [0.15, 0.2) is 67.0 Å². The van der Waals surface area contributed by atoms with E-state index in [2.05, 4.69) is 30.3 Å². The van der Waals surface area contributed by atoms with Gasteiger partial charge in [-0.2, -0.15) is 4.39 Å². The number of nitrogens with one attached hydrogen (secondary N) is 3. The third kappa shape index (κ3) is 6.97. The monoisotopic (exact) mass is 598 g/mol. The van der Waals surface area contributed by atoms with Gasteiger partial charge in [-0.15, -0.1) is 0 Å². The van der Waals surface area contributed by atoms with Gasteiger partial charge in [0.05, 0.1) is 22.7 Å². The van der Waals surface area contributed by atoms with Crippen LogP contribution in [-0.4, -0.2) is 48.2 Å². The zero-order chi connectivity index (χ0) is 29.9. The quantitative estimate of drug-likeness (QED) is 0.236. The second-order valence-corrected chi connectivity index (χ2v) is 12.1. The van der Waals surface area contributed by atoms with E-state index in [1.165, 1.54) is 32.3 Å². The van der Waals surface area contributed by atoms with Crippen molar-refractivity contribution < 1.29 is 26.3 Å². The first kappa shape index (κ1) is 29.3. The predicted octanol–water partition coefficient (Wildman–Crippen LogP) is 5.36. The highest BCUT2D eigenvalue weighted by Crippen LogP contribution is 2.36. The molecule has 4 aromatic rings. The van der Waals surface area contributed by atoms with Crippen LogP contribution in [0.3, 0.4) is 0 Å². The highest BCUT2D eigenvalue weighted by Gasteiger charge is 2.32. The van der Waals surface area contributed by atoms with Gasteiger partial charge >= 0.3 is 0 Å². The summed E-state index contributed by atoms with van der Waals surface area (Å²) >= 11 is 0. The van der Waals surface area contributed by atoms with Crippen molar-refractivity contribution in [1.29, 1.82) is 0 Å². The maximum atomic E-state index is 15.2. The van der Waals surface area contributed by atoms with Crippen LogP contribution in [0, 0.1) is 18.6 Å². The van der Waals surface area contributed by atoms with Crippen molar-refractivity contribution in [1.82, 2.24) is 20.3 Å². The lowest BCUT2D eigenvalue weighted by Gasteiger charge is -2.33. The molecule has 3 heterocycles. The van der Waals surface area contributed by atoms with E-state index in [4.69, 9.17) is 4.74 Å². The number of aryl methyl sites for hydroxylation is 1. The molecule has 2 atom stereocenters. The summed E-state index contributed by atoms with van der Waals surface area (Å²) in [6.07, 6.45) is 3.20. The molecule has 1 aliphatic heterocycles. The smallest absolute Gasteiger partial charge is 0.237 e. The van der Waals surface area contributed by atoms with Gasteiger partial charge in [0.2, 0.25) is 27.7 Å². The van der Waals surface area contributed by atoms with Crippen molar-refractivity contribution >= 4 is 21.7 Å². The van der Waals surface area contributed by atoms with Crippen LogP contribution in [0.25, 0.3) is 11.3 Å². The van der Waals surface area contributed by atoms with E-state index in [0.29, 0.717) is 23.4 Å². The summed E-state index contributed by atoms with van der Waals surface area (Å²) in [5.41, 5.74) is -0.537. The number of benzene rings is 2. The van der Waals surface area contributed by atoms with Gasteiger partial charge in [-0.25, -0.2) is 32.2 Å². The van der Waals surface area contributed by atoms with Crippen LogP contribution in [0.2, 0.25) is 0 Å². The van der Waals surface area contributed by atoms with Gasteiger partial charge in [0.15, 0.2) is 11.6 Å². The Labute approximate surface area is 241 Å². The first-order valence-electron chi connectivity index (χ1n) is 13.2. The number of piperidine rings is 1. The summed E-state index contributed by atoms with van der Waals surface area (Å²) < 4.78 is 78.1. The van der Waals surface area contributed by atoms with E-state index < -0.39 is 44.5 Å². The van der Waals surface area contributed by atoms with Gasteiger partial charge in [0.1, 0.15) is 5.67 Å². The highest BCUT2D eigenvalue weighted by atomic mass is 32.2. The highest BCUT2D eigenvalue weighted by molar-refractivity contribution is 7.91. The minimum Gasteiger partial charge on any atom is -0.435 e. The molecular formula is C29H29F3N6O3S. The number of anilines is 2. The Hall–Kier alpha value is -4.23. The summed E-state index contributed by atoms with van der Waals surface area (Å²) in [5.74, 6) is -3.50. The Morgan fingerprint density at radius 2 is 1.86 bits per heavy atom. The van der Waals surface area contributed by atoms with Crippen LogP contribution in [-0.2, 0) is 15.8 Å². The third-order valence-corrected chi connectivity index (χ3v) is 7.85. The van der Waals surface area contributed by atoms with Gasteiger partial charge in [-0.3, -0.25) is 4.72 Å². The van der Waals surface area contributed by atoms with Crippen molar-refractivity contribution in [2.75, 3.05) is 23.1 Å². The molecule has 5 rings (SSSR count). The van der Waals surface area contributed by atoms with E-state index in [-0.39, 0.29) is 36.4 Å². The number of nitrogens with zero attached hydrogens (tertiary/aromatic N) is 3. The van der Waals surface area contributed by atoms with E-state index in [1.807, 2.05) is 0 Å². The van der Waals surface area contributed by atoms with Crippen molar-refractivity contribution in [2.24, 2.45) is 0 Å². The Kier molecular flexibility index (Phi) is 8.32. The zero-order valence-corrected chi connectivity index (χ0v) is 23.7. The molecule has 1 aliphatic rings. The maximum Gasteiger partial charge on any atom is 0.237 e. The Morgan fingerprint density at radius 1 is 1.07 bits per heavy atom. The number of sulfonamides is 1. The van der Waals surface area contributed by atoms with Crippen molar-refractivity contribution in [3.63, 3.8) is 0 Å². The topological polar surface area (TPSA) is 118 Å². The fourth-order valence-corrected chi connectivity index (χ4v) is 5.97. The lowest BCUT2D eigenvalue weighted by atomic mass is 9.95. The minimum atomic E-state index is -4.04. The molecule has 13 heteroatoms. The molecule has 0 saturated carbocycles. The molecular weight excluding hydrogens is 569 g/mol. The summed E-state index contributed by atoms with van der Waals surface area (Å²) in [5, 5.41) is 6.17. The van der Waals surface area contributed by atoms with E-state index in [0.717, 1.165) is 0 Å². The normalized spacial score (nSPS) is 18.8. The molecule has 42 heavy (non-hydrogen) atoms. The fraction of sp³-hybridized carbons (Fsp3) is 0.276. The number of hydrogen-bond donors (Lipinski definition) is 3. The molecule has 0 spiro atoms. The number of alkyl halides is 1. The number of rotatable bonds is 9. The second-order valence-electron chi connectivity index (χ2n) is 10.4. The van der Waals surface area contributed by atoms with Crippen LogP contribution >= 0.6 is 0 Å². The van der Waals surface area contributed by atoms with Gasteiger partial charge in [-0.05, 0) is 49.2 Å². The summed E-state index contributed by atoms with van der Waals surface area (Å²) in [6, 6.07) is 14.2. The molecule has 1 fully saturated rings. The molecule has 0 amide bonds. The number of ether oxygens (including phenoxy) is 1. The summed E-state index contributed by atoms with van der Waals surface area (Å²) in [7, 11) is -4.04. The van der Waals surface area contributed by atoms with Crippen molar-refractivity contribution in [3.05, 3.63) is 89.8 Å². The van der Waals surface area contributed by atoms with Gasteiger partial charge in [0.25, 0.3) is 0 Å². The number of halogens is 3. The Balaban J connectivity index is 1.38. The lowest BCUT2D eigenvalue weighted by molar-refractivity contribution is 0.137. The molecule has 0 radical (unpaired) electrons. The average molecular weight is 599 g/mol. The van der Waals surface area contributed by atoms with Crippen LogP contribution in [0.4, 0.5) is 24.8 Å². The lowest BCUT2D eigenvalue weighted by Crippen LogP contribution is -2.50. The number of hydrogen-bond acceptors (Lipinski definition) is 8. The summed E-state index contributed by atoms with van der Waals surface area (Å²) in [4.78, 5) is 12.9. The van der Waals surface area contributed by atoms with Crippen molar-refractivity contribution in [3.8, 4) is 22.9 Å². The molecule has 220 valence electrons. The second kappa shape index (κ2) is 11.9. The molecule has 1 unspecified atom stereocenters.